The molecule has 19 heavy (non-hydrogen) atoms. The molecule has 2 rings (SSSR count). The zero-order valence-electron chi connectivity index (χ0n) is 10.5. The minimum atomic E-state index is -0.327. The van der Waals surface area contributed by atoms with Crippen molar-refractivity contribution in [3.63, 3.8) is 0 Å². The first-order valence-corrected chi connectivity index (χ1v) is 5.62. The molecule has 1 heterocycles. The van der Waals surface area contributed by atoms with E-state index < -0.39 is 0 Å². The van der Waals surface area contributed by atoms with E-state index in [1.807, 2.05) is 0 Å². The van der Waals surface area contributed by atoms with Crippen LogP contribution in [0.15, 0.2) is 47.6 Å². The van der Waals surface area contributed by atoms with Gasteiger partial charge in [-0.1, -0.05) is 12.6 Å². The van der Waals surface area contributed by atoms with Crippen LogP contribution in [0.3, 0.4) is 0 Å². The van der Waals surface area contributed by atoms with Crippen LogP contribution in [0.1, 0.15) is 5.69 Å². The lowest BCUT2D eigenvalue weighted by Gasteiger charge is -2.15. The van der Waals surface area contributed by atoms with Crippen LogP contribution < -0.4 is 0 Å². The Morgan fingerprint density at radius 1 is 1.53 bits per heavy atom. The Kier molecular flexibility index (Phi) is 3.48. The Morgan fingerprint density at radius 2 is 2.26 bits per heavy atom. The third kappa shape index (κ3) is 2.28. The molecule has 0 atom stereocenters. The quantitative estimate of drug-likeness (QED) is 0.503. The highest BCUT2D eigenvalue weighted by atomic mass is 19.1. The van der Waals surface area contributed by atoms with Crippen molar-refractivity contribution in [1.82, 2.24) is 10.0 Å². The molecule has 0 saturated carbocycles. The lowest BCUT2D eigenvalue weighted by atomic mass is 10.2. The maximum Gasteiger partial charge on any atom is 0.132 e. The van der Waals surface area contributed by atoms with Gasteiger partial charge in [0.1, 0.15) is 11.5 Å². The van der Waals surface area contributed by atoms with E-state index in [0.717, 1.165) is 5.06 Å². The molecule has 4 nitrogen and oxygen atoms in total. The van der Waals surface area contributed by atoms with Crippen molar-refractivity contribution in [3.05, 3.63) is 54.1 Å². The number of aromatic amines is 1. The highest BCUT2D eigenvalue weighted by molar-refractivity contribution is 5.85. The van der Waals surface area contributed by atoms with Crippen molar-refractivity contribution < 1.29 is 9.60 Å². The summed E-state index contributed by atoms with van der Waals surface area (Å²) >= 11 is 0. The van der Waals surface area contributed by atoms with Gasteiger partial charge < -0.3 is 4.98 Å². The van der Waals surface area contributed by atoms with E-state index in [-0.39, 0.29) is 5.82 Å². The predicted octanol–water partition coefficient (Wildman–Crippen LogP) is 3.18. The van der Waals surface area contributed by atoms with Crippen LogP contribution in [0.25, 0.3) is 16.6 Å². The number of halogens is 1. The largest absolute Gasteiger partial charge is 0.353 e. The van der Waals surface area contributed by atoms with E-state index in [0.29, 0.717) is 28.0 Å². The number of nitrogens with zero attached hydrogens (tertiary/aromatic N) is 2. The Balaban J connectivity index is 2.71. The molecule has 1 aromatic carbocycles. The van der Waals surface area contributed by atoms with Gasteiger partial charge in [-0.25, -0.2) is 4.39 Å². The highest BCUT2D eigenvalue weighted by Gasteiger charge is 2.14. The summed E-state index contributed by atoms with van der Waals surface area (Å²) in [4.78, 5) is 6.83. The molecule has 0 saturated heterocycles. The second-order valence-electron chi connectivity index (χ2n) is 4.00. The number of benzene rings is 1. The summed E-state index contributed by atoms with van der Waals surface area (Å²) in [6, 6.07) is 6.36. The number of hydroxylamine groups is 2. The van der Waals surface area contributed by atoms with Crippen molar-refractivity contribution in [2.75, 3.05) is 7.05 Å². The van der Waals surface area contributed by atoms with Crippen LogP contribution in [-0.2, 0) is 0 Å². The first-order chi connectivity index (χ1) is 9.08. The van der Waals surface area contributed by atoms with Crippen LogP contribution >= 0.6 is 0 Å². The molecule has 0 unspecified atom stereocenters. The Labute approximate surface area is 110 Å². The maximum atomic E-state index is 13.7. The highest BCUT2D eigenvalue weighted by Crippen LogP contribution is 2.26. The number of aromatic nitrogens is 1. The second kappa shape index (κ2) is 5.07. The average molecular weight is 259 g/mol. The zero-order valence-corrected chi connectivity index (χ0v) is 10.5. The van der Waals surface area contributed by atoms with Crippen molar-refractivity contribution in [1.29, 1.82) is 0 Å². The fraction of sp³-hybridized carbons (Fsp3) is 0.0714. The van der Waals surface area contributed by atoms with Crippen LogP contribution in [0, 0.1) is 5.82 Å². The average Bonchev–Trinajstić information content (AvgIpc) is 2.80. The number of aliphatic imine (C=N–C) groups is 1. The molecule has 0 spiro atoms. The Bertz CT molecular complexity index is 660. The zero-order chi connectivity index (χ0) is 14.0. The van der Waals surface area contributed by atoms with E-state index in [1.165, 1.54) is 19.2 Å². The van der Waals surface area contributed by atoms with Crippen molar-refractivity contribution >= 4 is 23.3 Å². The van der Waals surface area contributed by atoms with Gasteiger partial charge in [-0.2, -0.15) is 0 Å². The lowest BCUT2D eigenvalue weighted by Crippen LogP contribution is -2.13. The smallest absolute Gasteiger partial charge is 0.132 e. The standard InChI is InChI=1S/C14H14FN3O/c1-4-11(16-2)14(18(3)19)13-8-9-10(15)6-5-7-12(9)17-13/h4-8,17,19H,1-2H2,3H3/b14-11-. The molecule has 0 bridgehead atoms. The SMILES string of the molecule is C=C/C(N=C)=C(\c1cc2c(F)cccc2[nH]1)N(C)O. The summed E-state index contributed by atoms with van der Waals surface area (Å²) in [7, 11) is 1.45. The molecule has 5 heteroatoms. The fourth-order valence-corrected chi connectivity index (χ4v) is 1.96. The number of rotatable bonds is 4. The molecular formula is C14H14FN3O. The van der Waals surface area contributed by atoms with Crippen LogP contribution in [0.4, 0.5) is 4.39 Å². The van der Waals surface area contributed by atoms with Crippen molar-refractivity contribution in [2.45, 2.75) is 0 Å². The minimum Gasteiger partial charge on any atom is -0.353 e. The Hall–Kier alpha value is -2.40. The van der Waals surface area contributed by atoms with Gasteiger partial charge in [0, 0.05) is 18.0 Å². The third-order valence-corrected chi connectivity index (χ3v) is 2.80. The van der Waals surface area contributed by atoms with Gasteiger partial charge in [0.15, 0.2) is 0 Å². The molecule has 0 aliphatic carbocycles. The van der Waals surface area contributed by atoms with Crippen LogP contribution in [0.2, 0.25) is 0 Å². The van der Waals surface area contributed by atoms with Gasteiger partial charge in [-0.15, -0.1) is 0 Å². The molecule has 0 amide bonds. The lowest BCUT2D eigenvalue weighted by molar-refractivity contribution is -0.000113. The van der Waals surface area contributed by atoms with Gasteiger partial charge >= 0.3 is 0 Å². The normalized spacial score (nSPS) is 12.2. The molecule has 0 radical (unpaired) electrons. The summed E-state index contributed by atoms with van der Waals surface area (Å²) in [5, 5.41) is 11.1. The summed E-state index contributed by atoms with van der Waals surface area (Å²) in [5.74, 6) is -0.327. The van der Waals surface area contributed by atoms with Gasteiger partial charge in [-0.05, 0) is 31.0 Å². The molecule has 1 aromatic heterocycles. The van der Waals surface area contributed by atoms with Gasteiger partial charge in [0.05, 0.1) is 11.4 Å². The molecule has 2 N–H and O–H groups in total. The van der Waals surface area contributed by atoms with Gasteiger partial charge in [0.25, 0.3) is 0 Å². The predicted molar refractivity (Wildman–Crippen MR) is 74.5 cm³/mol. The number of H-pyrrole nitrogens is 1. The van der Waals surface area contributed by atoms with E-state index >= 15 is 0 Å². The minimum absolute atomic E-state index is 0.327. The van der Waals surface area contributed by atoms with Crippen molar-refractivity contribution in [2.24, 2.45) is 4.99 Å². The Morgan fingerprint density at radius 3 is 2.79 bits per heavy atom. The van der Waals surface area contributed by atoms with Crippen molar-refractivity contribution in [3.8, 4) is 0 Å². The molecule has 0 aliphatic rings. The molecule has 98 valence electrons. The maximum absolute atomic E-state index is 13.7. The monoisotopic (exact) mass is 259 g/mol. The summed E-state index contributed by atoms with van der Waals surface area (Å²) in [5.41, 5.74) is 1.95. The number of hydrogen-bond acceptors (Lipinski definition) is 3. The third-order valence-electron chi connectivity index (χ3n) is 2.80. The summed E-state index contributed by atoms with van der Waals surface area (Å²) < 4.78 is 13.7. The number of allylic oxidation sites excluding steroid dienone is 1. The number of hydrogen-bond donors (Lipinski definition) is 2. The fourth-order valence-electron chi connectivity index (χ4n) is 1.96. The molecular weight excluding hydrogens is 245 g/mol. The van der Waals surface area contributed by atoms with Gasteiger partial charge in [0.2, 0.25) is 0 Å². The number of fused-ring (bicyclic) bond motifs is 1. The van der Waals surface area contributed by atoms with Crippen LogP contribution in [0.5, 0.6) is 0 Å². The molecule has 2 aromatic rings. The second-order valence-corrected chi connectivity index (χ2v) is 4.00. The van der Waals surface area contributed by atoms with E-state index in [2.05, 4.69) is 23.3 Å². The van der Waals surface area contributed by atoms with Crippen LogP contribution in [-0.4, -0.2) is 29.0 Å². The first-order valence-electron chi connectivity index (χ1n) is 5.62. The number of nitrogens with one attached hydrogen (secondary N) is 1. The first kappa shape index (κ1) is 13.0. The van der Waals surface area contributed by atoms with E-state index in [4.69, 9.17) is 0 Å². The molecule has 0 fully saturated rings. The van der Waals surface area contributed by atoms with Gasteiger partial charge in [-0.3, -0.25) is 15.3 Å². The summed E-state index contributed by atoms with van der Waals surface area (Å²) in [6.07, 6.45) is 1.47. The molecule has 0 aliphatic heterocycles. The summed E-state index contributed by atoms with van der Waals surface area (Å²) in [6.45, 7) is 7.04. The van der Waals surface area contributed by atoms with E-state index in [9.17, 15) is 9.60 Å². The topological polar surface area (TPSA) is 51.6 Å². The van der Waals surface area contributed by atoms with E-state index in [1.54, 1.807) is 18.2 Å².